The van der Waals surface area contributed by atoms with Crippen molar-refractivity contribution in [1.29, 1.82) is 5.41 Å². The van der Waals surface area contributed by atoms with Gasteiger partial charge in [-0.2, -0.15) is 0 Å². The molecule has 2 rings (SSSR count). The van der Waals surface area contributed by atoms with Gasteiger partial charge in [0.15, 0.2) is 22.9 Å². The molecule has 5 N–H and O–H groups in total. The fraction of sp³-hybridized carbons (Fsp3) is 0.556. The SMILES string of the molecule is CCCCOC(=O)N(CCC[C@H](Nn1cnc2c(N(C)C)ncnc21)C(=O)O)C(=N)N. The van der Waals surface area contributed by atoms with Gasteiger partial charge in [-0.15, -0.1) is 0 Å². The predicted molar refractivity (Wildman–Crippen MR) is 115 cm³/mol. The first-order valence-electron chi connectivity index (χ1n) is 9.89. The van der Waals surface area contributed by atoms with Crippen molar-refractivity contribution in [2.75, 3.05) is 37.6 Å². The first-order chi connectivity index (χ1) is 14.8. The number of carbonyl (C=O) groups excluding carboxylic acids is 1. The summed E-state index contributed by atoms with van der Waals surface area (Å²) in [5, 5.41) is 17.2. The minimum absolute atomic E-state index is 0.0589. The van der Waals surface area contributed by atoms with E-state index in [2.05, 4.69) is 20.4 Å². The number of aromatic nitrogens is 4. The maximum Gasteiger partial charge on any atom is 0.416 e. The maximum atomic E-state index is 12.1. The molecule has 0 aliphatic carbocycles. The molecule has 0 spiro atoms. The Labute approximate surface area is 179 Å². The molecule has 13 nitrogen and oxygen atoms in total. The number of carboxylic acid groups (broad SMARTS) is 1. The van der Waals surface area contributed by atoms with E-state index in [1.54, 1.807) is 4.90 Å². The minimum Gasteiger partial charge on any atom is -0.480 e. The summed E-state index contributed by atoms with van der Waals surface area (Å²) in [5.74, 6) is -0.922. The van der Waals surface area contributed by atoms with E-state index < -0.39 is 24.1 Å². The van der Waals surface area contributed by atoms with Crippen LogP contribution >= 0.6 is 0 Å². The van der Waals surface area contributed by atoms with Crippen LogP contribution in [0.4, 0.5) is 10.6 Å². The van der Waals surface area contributed by atoms with Crippen LogP contribution < -0.4 is 16.1 Å². The summed E-state index contributed by atoms with van der Waals surface area (Å²) < 4.78 is 6.51. The summed E-state index contributed by atoms with van der Waals surface area (Å²) in [4.78, 5) is 39.2. The van der Waals surface area contributed by atoms with Crippen molar-refractivity contribution < 1.29 is 19.4 Å². The number of ether oxygens (including phenoxy) is 1. The first-order valence-corrected chi connectivity index (χ1v) is 9.89. The Bertz CT molecular complexity index is 915. The number of nitrogens with zero attached hydrogens (tertiary/aromatic N) is 6. The quantitative estimate of drug-likeness (QED) is 0.224. The van der Waals surface area contributed by atoms with E-state index in [9.17, 15) is 14.7 Å². The molecule has 31 heavy (non-hydrogen) atoms. The molecule has 1 amide bonds. The van der Waals surface area contributed by atoms with Crippen LogP contribution in [0.15, 0.2) is 12.7 Å². The molecular formula is C18H29N9O4. The Balaban J connectivity index is 2.03. The number of carboxylic acids is 1. The number of aliphatic carboxylic acids is 1. The van der Waals surface area contributed by atoms with Crippen molar-refractivity contribution in [3.63, 3.8) is 0 Å². The number of hydrogen-bond donors (Lipinski definition) is 4. The Kier molecular flexibility index (Phi) is 8.34. The number of amides is 1. The molecule has 0 saturated carbocycles. The lowest BCUT2D eigenvalue weighted by atomic mass is 10.1. The monoisotopic (exact) mass is 435 g/mol. The first kappa shape index (κ1) is 23.6. The summed E-state index contributed by atoms with van der Waals surface area (Å²) >= 11 is 0. The maximum absolute atomic E-state index is 12.1. The molecule has 2 aromatic rings. The van der Waals surface area contributed by atoms with Gasteiger partial charge in [-0.05, 0) is 19.3 Å². The molecule has 170 valence electrons. The number of anilines is 1. The summed E-state index contributed by atoms with van der Waals surface area (Å²) in [6.45, 7) is 2.26. The van der Waals surface area contributed by atoms with E-state index in [0.717, 1.165) is 11.3 Å². The standard InChI is InChI=1S/C18H29N9O4/c1-4-5-9-31-18(30)26(17(19)20)8-6-7-12(16(28)29)24-27-11-23-13-14(25(2)3)21-10-22-15(13)27/h10-12,24H,4-9H2,1-3H3,(H3,19,20)(H,28,29)/t12-/m0/s1. The second kappa shape index (κ2) is 10.9. The van der Waals surface area contributed by atoms with Gasteiger partial charge in [-0.25, -0.2) is 34.1 Å². The van der Waals surface area contributed by atoms with Gasteiger partial charge in [0.1, 0.15) is 18.7 Å². The van der Waals surface area contributed by atoms with Crippen molar-refractivity contribution >= 4 is 35.0 Å². The number of nitrogens with one attached hydrogen (secondary N) is 2. The molecule has 0 bridgehead atoms. The van der Waals surface area contributed by atoms with Crippen LogP contribution in [-0.4, -0.2) is 80.9 Å². The lowest BCUT2D eigenvalue weighted by Crippen LogP contribution is -2.43. The highest BCUT2D eigenvalue weighted by Crippen LogP contribution is 2.19. The molecule has 13 heteroatoms. The zero-order chi connectivity index (χ0) is 23.0. The van der Waals surface area contributed by atoms with Crippen LogP contribution in [-0.2, 0) is 9.53 Å². The molecule has 2 aromatic heterocycles. The highest BCUT2D eigenvalue weighted by Gasteiger charge is 2.22. The Hall–Kier alpha value is -3.64. The van der Waals surface area contributed by atoms with Crippen molar-refractivity contribution in [3.8, 4) is 0 Å². The van der Waals surface area contributed by atoms with Gasteiger partial charge in [0, 0.05) is 20.6 Å². The van der Waals surface area contributed by atoms with E-state index in [4.69, 9.17) is 15.9 Å². The smallest absolute Gasteiger partial charge is 0.416 e. The van der Waals surface area contributed by atoms with Gasteiger partial charge < -0.3 is 25.9 Å². The molecule has 0 fully saturated rings. The summed E-state index contributed by atoms with van der Waals surface area (Å²) in [6.07, 6.45) is 4.11. The third-order valence-corrected chi connectivity index (χ3v) is 4.44. The van der Waals surface area contributed by atoms with E-state index in [1.807, 2.05) is 21.0 Å². The van der Waals surface area contributed by atoms with Crippen molar-refractivity contribution in [2.45, 2.75) is 38.6 Å². The summed E-state index contributed by atoms with van der Waals surface area (Å²) in [6, 6.07) is -0.986. The number of rotatable bonds is 11. The Morgan fingerprint density at radius 3 is 2.68 bits per heavy atom. The fourth-order valence-electron chi connectivity index (χ4n) is 2.80. The second-order valence-corrected chi connectivity index (χ2v) is 7.05. The van der Waals surface area contributed by atoms with Gasteiger partial charge in [-0.1, -0.05) is 13.3 Å². The molecule has 0 radical (unpaired) electrons. The highest BCUT2D eigenvalue weighted by molar-refractivity contribution is 5.91. The number of guanidine groups is 1. The van der Waals surface area contributed by atoms with Crippen molar-refractivity contribution in [3.05, 3.63) is 12.7 Å². The number of unbranched alkanes of at least 4 members (excludes halogenated alkanes) is 1. The van der Waals surface area contributed by atoms with Crippen LogP contribution in [0.1, 0.15) is 32.6 Å². The fourth-order valence-corrected chi connectivity index (χ4v) is 2.80. The summed E-state index contributed by atoms with van der Waals surface area (Å²) in [7, 11) is 3.64. The Morgan fingerprint density at radius 2 is 2.06 bits per heavy atom. The normalized spacial score (nSPS) is 11.7. The number of carbonyl (C=O) groups is 2. The zero-order valence-corrected chi connectivity index (χ0v) is 17.9. The van der Waals surface area contributed by atoms with Crippen molar-refractivity contribution in [2.24, 2.45) is 5.73 Å². The number of imidazole rings is 1. The molecule has 0 saturated heterocycles. The highest BCUT2D eigenvalue weighted by atomic mass is 16.6. The van der Waals surface area contributed by atoms with Crippen LogP contribution in [0.2, 0.25) is 0 Å². The number of nitrogens with two attached hydrogens (primary N) is 1. The van der Waals surface area contributed by atoms with Crippen LogP contribution in [0.25, 0.3) is 11.2 Å². The van der Waals surface area contributed by atoms with Crippen LogP contribution in [0, 0.1) is 5.41 Å². The number of hydrogen-bond acceptors (Lipinski definition) is 9. The molecule has 0 unspecified atom stereocenters. The van der Waals surface area contributed by atoms with Gasteiger partial charge in [-0.3, -0.25) is 5.41 Å². The predicted octanol–water partition coefficient (Wildman–Crippen LogP) is 0.801. The van der Waals surface area contributed by atoms with Gasteiger partial charge in [0.05, 0.1) is 6.61 Å². The molecule has 0 aromatic carbocycles. The number of fused-ring (bicyclic) bond motifs is 1. The van der Waals surface area contributed by atoms with Gasteiger partial charge in [0.2, 0.25) is 0 Å². The third-order valence-electron chi connectivity index (χ3n) is 4.44. The van der Waals surface area contributed by atoms with Crippen molar-refractivity contribution in [1.82, 2.24) is 24.5 Å². The molecular weight excluding hydrogens is 406 g/mol. The zero-order valence-electron chi connectivity index (χ0n) is 17.9. The third kappa shape index (κ3) is 6.17. The minimum atomic E-state index is -1.08. The van der Waals surface area contributed by atoms with E-state index >= 15 is 0 Å². The molecule has 0 aliphatic rings. The molecule has 0 aliphatic heterocycles. The van der Waals surface area contributed by atoms with E-state index in [1.165, 1.54) is 17.3 Å². The average molecular weight is 435 g/mol. The summed E-state index contributed by atoms with van der Waals surface area (Å²) in [5.41, 5.74) is 9.31. The molecule has 2 heterocycles. The van der Waals surface area contributed by atoms with Crippen LogP contribution in [0.3, 0.4) is 0 Å². The van der Waals surface area contributed by atoms with Gasteiger partial charge in [0.25, 0.3) is 0 Å². The van der Waals surface area contributed by atoms with E-state index in [-0.39, 0.29) is 26.0 Å². The van der Waals surface area contributed by atoms with Gasteiger partial charge >= 0.3 is 12.1 Å². The van der Waals surface area contributed by atoms with Crippen LogP contribution in [0.5, 0.6) is 0 Å². The largest absolute Gasteiger partial charge is 0.480 e. The molecule has 1 atom stereocenters. The lowest BCUT2D eigenvalue weighted by Gasteiger charge is -2.21. The average Bonchev–Trinajstić information content (AvgIpc) is 3.12. The topological polar surface area (TPSA) is 176 Å². The Morgan fingerprint density at radius 1 is 1.32 bits per heavy atom. The second-order valence-electron chi connectivity index (χ2n) is 7.05. The lowest BCUT2D eigenvalue weighted by molar-refractivity contribution is -0.138. The van der Waals surface area contributed by atoms with E-state index in [0.29, 0.717) is 23.4 Å².